The second-order valence-electron chi connectivity index (χ2n) is 2.92. The highest BCUT2D eigenvalue weighted by molar-refractivity contribution is 6.73. The molecule has 0 spiro atoms. The quantitative estimate of drug-likeness (QED) is 0.445. The third-order valence-corrected chi connectivity index (χ3v) is 1.76. The molecule has 15 heavy (non-hydrogen) atoms. The van der Waals surface area contributed by atoms with Crippen molar-refractivity contribution in [3.05, 3.63) is 23.8 Å². The van der Waals surface area contributed by atoms with Gasteiger partial charge in [0, 0.05) is 5.69 Å². The SMILES string of the molecule is Nc1ccc([B-](F)(F)F)cc1C(F)(F)F. The smallest absolute Gasteiger partial charge is 0.445 e. The molecule has 0 atom stereocenters. The molecule has 0 saturated heterocycles. The molecule has 1 nitrogen and oxygen atoms in total. The standard InChI is InChI=1S/C7H5BF6N/c9-7(10,11)5-3-4(8(12,13)14)1-2-6(5)15/h1-3H,15H2/q-1. The molecule has 2 N–H and O–H groups in total. The molecule has 0 saturated carbocycles. The van der Waals surface area contributed by atoms with Crippen LogP contribution >= 0.6 is 0 Å². The summed E-state index contributed by atoms with van der Waals surface area (Å²) in [5, 5.41) is 0. The molecule has 1 aromatic carbocycles. The van der Waals surface area contributed by atoms with Crippen molar-refractivity contribution < 1.29 is 26.1 Å². The maximum Gasteiger partial charge on any atom is 0.509 e. The topological polar surface area (TPSA) is 26.0 Å². The van der Waals surface area contributed by atoms with Crippen LogP contribution in [0.2, 0.25) is 0 Å². The fourth-order valence-corrected chi connectivity index (χ4v) is 1.02. The fraction of sp³-hybridized carbons (Fsp3) is 0.143. The van der Waals surface area contributed by atoms with Gasteiger partial charge in [-0.25, -0.2) is 0 Å². The molecule has 1 rings (SSSR count). The van der Waals surface area contributed by atoms with Gasteiger partial charge < -0.3 is 18.7 Å². The van der Waals surface area contributed by atoms with E-state index in [9.17, 15) is 26.1 Å². The Bertz CT molecular complexity index is 369. The van der Waals surface area contributed by atoms with Crippen LogP contribution < -0.4 is 11.2 Å². The Balaban J connectivity index is 3.30. The average Bonchev–Trinajstić information content (AvgIpc) is 2.00. The number of anilines is 1. The summed E-state index contributed by atoms with van der Waals surface area (Å²) in [5.41, 5.74) is 1.45. The van der Waals surface area contributed by atoms with E-state index in [1.807, 2.05) is 0 Å². The van der Waals surface area contributed by atoms with Gasteiger partial charge in [-0.2, -0.15) is 13.2 Å². The molecule has 1 aromatic rings. The molecule has 0 aliphatic carbocycles. The predicted octanol–water partition coefficient (Wildman–Crippen LogP) is 2.34. The zero-order valence-electron chi connectivity index (χ0n) is 7.15. The van der Waals surface area contributed by atoms with E-state index >= 15 is 0 Å². The summed E-state index contributed by atoms with van der Waals surface area (Å²) in [6.45, 7) is -5.45. The summed E-state index contributed by atoms with van der Waals surface area (Å²) < 4.78 is 73.0. The van der Waals surface area contributed by atoms with Gasteiger partial charge in [-0.1, -0.05) is 12.1 Å². The van der Waals surface area contributed by atoms with Crippen molar-refractivity contribution in [1.82, 2.24) is 0 Å². The maximum atomic E-state index is 12.2. The summed E-state index contributed by atoms with van der Waals surface area (Å²) in [6, 6.07) is 1.16. The molecule has 8 heteroatoms. The number of nitrogens with two attached hydrogens (primary N) is 1. The highest BCUT2D eigenvalue weighted by atomic mass is 19.4. The molecular weight excluding hydrogens is 223 g/mol. The lowest BCUT2D eigenvalue weighted by Crippen LogP contribution is -2.35. The molecule has 0 heterocycles. The molecule has 0 aromatic heterocycles. The van der Waals surface area contributed by atoms with Gasteiger partial charge in [0.1, 0.15) is 0 Å². The lowest BCUT2D eigenvalue weighted by molar-refractivity contribution is -0.136. The summed E-state index contributed by atoms with van der Waals surface area (Å²) in [6.07, 6.45) is -4.87. The first-order valence-electron chi connectivity index (χ1n) is 3.79. The summed E-state index contributed by atoms with van der Waals surface area (Å²) >= 11 is 0. The van der Waals surface area contributed by atoms with E-state index in [1.165, 1.54) is 0 Å². The van der Waals surface area contributed by atoms with E-state index in [1.54, 1.807) is 0 Å². The minimum absolute atomic E-state index is 0.0231. The minimum atomic E-state index is -5.45. The molecule has 0 radical (unpaired) electrons. The van der Waals surface area contributed by atoms with Gasteiger partial charge in [0.05, 0.1) is 5.56 Å². The molecule has 0 unspecified atom stereocenters. The van der Waals surface area contributed by atoms with Crippen molar-refractivity contribution in [2.45, 2.75) is 6.18 Å². The minimum Gasteiger partial charge on any atom is -0.445 e. The van der Waals surface area contributed by atoms with E-state index in [0.29, 0.717) is 12.1 Å². The van der Waals surface area contributed by atoms with Gasteiger partial charge >= 0.3 is 13.2 Å². The van der Waals surface area contributed by atoms with E-state index in [-0.39, 0.29) is 6.07 Å². The van der Waals surface area contributed by atoms with Crippen LogP contribution in [0.15, 0.2) is 18.2 Å². The molecule has 0 aliphatic heterocycles. The monoisotopic (exact) mass is 228 g/mol. The zero-order valence-corrected chi connectivity index (χ0v) is 7.15. The Morgan fingerprint density at radius 3 is 2.00 bits per heavy atom. The zero-order chi connectivity index (χ0) is 11.9. The van der Waals surface area contributed by atoms with Crippen LogP contribution in [-0.2, 0) is 6.18 Å². The lowest BCUT2D eigenvalue weighted by Gasteiger charge is -2.18. The van der Waals surface area contributed by atoms with E-state index in [0.717, 1.165) is 0 Å². The normalized spacial score (nSPS) is 12.9. The van der Waals surface area contributed by atoms with Crippen molar-refractivity contribution in [3.63, 3.8) is 0 Å². The van der Waals surface area contributed by atoms with Gasteiger partial charge in [0.15, 0.2) is 0 Å². The van der Waals surface area contributed by atoms with Crippen molar-refractivity contribution in [1.29, 1.82) is 0 Å². The Kier molecular flexibility index (Phi) is 2.63. The third kappa shape index (κ3) is 2.57. The highest BCUT2D eigenvalue weighted by Gasteiger charge is 2.35. The van der Waals surface area contributed by atoms with Gasteiger partial charge in [-0.15, -0.1) is 5.46 Å². The summed E-state index contributed by atoms with van der Waals surface area (Å²) in [7, 11) is 0. The Morgan fingerprint density at radius 2 is 1.60 bits per heavy atom. The molecule has 0 amide bonds. The summed E-state index contributed by atoms with van der Waals surface area (Å²) in [5.74, 6) is 0. The second-order valence-corrected chi connectivity index (χ2v) is 2.92. The first-order chi connectivity index (χ1) is 6.62. The second kappa shape index (κ2) is 3.35. The number of alkyl halides is 3. The Labute approximate surface area is 80.9 Å². The van der Waals surface area contributed by atoms with Crippen molar-refractivity contribution in [2.24, 2.45) is 0 Å². The summed E-state index contributed by atoms with van der Waals surface area (Å²) in [4.78, 5) is 0. The van der Waals surface area contributed by atoms with Crippen molar-refractivity contribution in [2.75, 3.05) is 5.73 Å². The third-order valence-electron chi connectivity index (χ3n) is 1.76. The van der Waals surface area contributed by atoms with Gasteiger partial charge in [0.25, 0.3) is 0 Å². The molecule has 0 bridgehead atoms. The van der Waals surface area contributed by atoms with Crippen LogP contribution in [-0.4, -0.2) is 6.98 Å². The molecule has 0 aliphatic rings. The van der Waals surface area contributed by atoms with E-state index in [4.69, 9.17) is 5.73 Å². The maximum absolute atomic E-state index is 12.2. The highest BCUT2D eigenvalue weighted by Crippen LogP contribution is 2.33. The molecular formula is C7H5BF6N-. The first-order valence-corrected chi connectivity index (χ1v) is 3.79. The van der Waals surface area contributed by atoms with E-state index < -0.39 is 29.9 Å². The molecule has 84 valence electrons. The van der Waals surface area contributed by atoms with Gasteiger partial charge in [-0.05, 0) is 6.07 Å². The van der Waals surface area contributed by atoms with Crippen LogP contribution in [0, 0.1) is 0 Å². The van der Waals surface area contributed by atoms with Crippen LogP contribution in [0.5, 0.6) is 0 Å². The average molecular weight is 228 g/mol. The molecule has 0 fully saturated rings. The van der Waals surface area contributed by atoms with Crippen LogP contribution in [0.3, 0.4) is 0 Å². The van der Waals surface area contributed by atoms with Gasteiger partial charge in [0.2, 0.25) is 0 Å². The first kappa shape index (κ1) is 11.7. The van der Waals surface area contributed by atoms with Crippen molar-refractivity contribution >= 4 is 18.1 Å². The number of halogens is 6. The number of hydrogen-bond donors (Lipinski definition) is 1. The van der Waals surface area contributed by atoms with Crippen molar-refractivity contribution in [3.8, 4) is 0 Å². The van der Waals surface area contributed by atoms with Crippen LogP contribution in [0.4, 0.5) is 31.8 Å². The largest absolute Gasteiger partial charge is 0.509 e. The number of benzene rings is 1. The Hall–Kier alpha value is -1.34. The predicted molar refractivity (Wildman–Crippen MR) is 44.6 cm³/mol. The van der Waals surface area contributed by atoms with Crippen LogP contribution in [0.25, 0.3) is 0 Å². The Morgan fingerprint density at radius 1 is 1.07 bits per heavy atom. The number of nitrogen functional groups attached to an aromatic ring is 1. The van der Waals surface area contributed by atoms with E-state index in [2.05, 4.69) is 0 Å². The fourth-order valence-electron chi connectivity index (χ4n) is 1.02. The lowest BCUT2D eigenvalue weighted by atomic mass is 9.79. The number of rotatable bonds is 1. The van der Waals surface area contributed by atoms with Crippen LogP contribution in [0.1, 0.15) is 5.56 Å². The van der Waals surface area contributed by atoms with Gasteiger partial charge in [-0.3, -0.25) is 0 Å². The number of hydrogen-bond acceptors (Lipinski definition) is 1.